The Balaban J connectivity index is 2.28. The van der Waals surface area contributed by atoms with Gasteiger partial charge in [-0.25, -0.2) is 4.98 Å². The van der Waals surface area contributed by atoms with Crippen molar-refractivity contribution in [2.75, 3.05) is 17.2 Å². The lowest BCUT2D eigenvalue weighted by Crippen LogP contribution is -2.04. The summed E-state index contributed by atoms with van der Waals surface area (Å²) in [7, 11) is 0. The Hall–Kier alpha value is -0.870. The van der Waals surface area contributed by atoms with Crippen molar-refractivity contribution in [1.82, 2.24) is 4.98 Å². The van der Waals surface area contributed by atoms with Crippen molar-refractivity contribution in [2.45, 2.75) is 13.3 Å². The van der Waals surface area contributed by atoms with Gasteiger partial charge in [-0.2, -0.15) is 0 Å². The zero-order valence-corrected chi connectivity index (χ0v) is 14.2. The third kappa shape index (κ3) is 4.30. The molecule has 0 bridgehead atoms. The van der Waals surface area contributed by atoms with Gasteiger partial charge in [-0.15, -0.1) is 0 Å². The average molecular weight is 365 g/mol. The minimum Gasteiger partial charge on any atom is -0.369 e. The van der Waals surface area contributed by atoms with Crippen molar-refractivity contribution in [3.63, 3.8) is 0 Å². The number of benzene rings is 1. The molecule has 21 heavy (non-hydrogen) atoms. The summed E-state index contributed by atoms with van der Waals surface area (Å²) >= 11 is 24.1. The molecule has 0 atom stereocenters. The first-order chi connectivity index (χ1) is 10.0. The fraction of sp³-hybridized carbons (Fsp3) is 0.214. The summed E-state index contributed by atoms with van der Waals surface area (Å²) in [5.74, 6) is 1.09. The fourth-order valence-corrected chi connectivity index (χ4v) is 2.40. The Bertz CT molecular complexity index is 646. The van der Waals surface area contributed by atoms with E-state index in [1.165, 1.54) is 0 Å². The molecule has 0 spiro atoms. The summed E-state index contributed by atoms with van der Waals surface area (Å²) in [6.45, 7) is 2.84. The molecule has 2 N–H and O–H groups in total. The largest absolute Gasteiger partial charge is 0.369 e. The van der Waals surface area contributed by atoms with Crippen LogP contribution in [0.1, 0.15) is 13.3 Å². The molecule has 1 aromatic carbocycles. The Labute approximate surface area is 143 Å². The van der Waals surface area contributed by atoms with Gasteiger partial charge in [0.15, 0.2) is 5.82 Å². The van der Waals surface area contributed by atoms with Crippen LogP contribution < -0.4 is 10.6 Å². The maximum absolute atomic E-state index is 6.16. The molecule has 3 nitrogen and oxygen atoms in total. The van der Waals surface area contributed by atoms with Gasteiger partial charge in [0.25, 0.3) is 0 Å². The first kappa shape index (κ1) is 16.5. The highest BCUT2D eigenvalue weighted by Gasteiger charge is 2.10. The van der Waals surface area contributed by atoms with E-state index >= 15 is 0 Å². The van der Waals surface area contributed by atoms with Crippen LogP contribution in [0, 0.1) is 0 Å². The SMILES string of the molecule is CCCNc1nc(Nc2ccc(Cl)c(Cl)c2)c(Cl)cc1Cl. The summed E-state index contributed by atoms with van der Waals surface area (Å²) in [5.41, 5.74) is 0.738. The summed E-state index contributed by atoms with van der Waals surface area (Å²) in [6, 6.07) is 6.84. The maximum Gasteiger partial charge on any atom is 0.151 e. The molecule has 0 fully saturated rings. The maximum atomic E-state index is 6.16. The van der Waals surface area contributed by atoms with E-state index in [4.69, 9.17) is 46.4 Å². The van der Waals surface area contributed by atoms with Crippen molar-refractivity contribution in [3.8, 4) is 0 Å². The third-order valence-electron chi connectivity index (χ3n) is 2.65. The molecule has 0 amide bonds. The molecule has 0 aliphatic rings. The van der Waals surface area contributed by atoms with E-state index in [1.807, 2.05) is 0 Å². The fourth-order valence-electron chi connectivity index (χ4n) is 1.63. The second-order valence-corrected chi connectivity index (χ2v) is 5.96. The molecule has 2 rings (SSSR count). The van der Waals surface area contributed by atoms with Crippen molar-refractivity contribution in [3.05, 3.63) is 44.4 Å². The number of rotatable bonds is 5. The Kier molecular flexibility index (Phi) is 5.82. The van der Waals surface area contributed by atoms with E-state index in [2.05, 4.69) is 22.5 Å². The number of hydrogen-bond donors (Lipinski definition) is 2. The molecule has 0 saturated heterocycles. The van der Waals surface area contributed by atoms with Crippen molar-refractivity contribution >= 4 is 63.7 Å². The van der Waals surface area contributed by atoms with Gasteiger partial charge in [-0.3, -0.25) is 0 Å². The van der Waals surface area contributed by atoms with Gasteiger partial charge in [0.2, 0.25) is 0 Å². The zero-order chi connectivity index (χ0) is 15.4. The molecular formula is C14H13Cl4N3. The lowest BCUT2D eigenvalue weighted by molar-refractivity contribution is 0.970. The Morgan fingerprint density at radius 3 is 2.29 bits per heavy atom. The predicted molar refractivity (Wildman–Crippen MR) is 92.8 cm³/mol. The van der Waals surface area contributed by atoms with E-state index in [1.54, 1.807) is 24.3 Å². The second kappa shape index (κ2) is 7.41. The molecule has 1 heterocycles. The predicted octanol–water partition coefficient (Wildman–Crippen LogP) is 6.26. The van der Waals surface area contributed by atoms with Crippen LogP contribution in [0.15, 0.2) is 24.3 Å². The van der Waals surface area contributed by atoms with Crippen LogP contribution in [0.3, 0.4) is 0 Å². The highest BCUT2D eigenvalue weighted by molar-refractivity contribution is 6.42. The molecule has 1 aromatic heterocycles. The molecule has 0 unspecified atom stereocenters. The quantitative estimate of drug-likeness (QED) is 0.657. The summed E-state index contributed by atoms with van der Waals surface area (Å²) < 4.78 is 0. The smallest absolute Gasteiger partial charge is 0.151 e. The van der Waals surface area contributed by atoms with Gasteiger partial charge in [0.1, 0.15) is 5.82 Å². The molecule has 0 radical (unpaired) electrons. The van der Waals surface area contributed by atoms with Crippen LogP contribution in [-0.2, 0) is 0 Å². The minimum atomic E-state index is 0.424. The number of aromatic nitrogens is 1. The topological polar surface area (TPSA) is 37.0 Å². The summed E-state index contributed by atoms with van der Waals surface area (Å²) in [6.07, 6.45) is 0.968. The van der Waals surface area contributed by atoms with Crippen molar-refractivity contribution < 1.29 is 0 Å². The summed E-state index contributed by atoms with van der Waals surface area (Å²) in [5, 5.41) is 8.09. The van der Waals surface area contributed by atoms with Crippen LogP contribution in [-0.4, -0.2) is 11.5 Å². The second-order valence-electron chi connectivity index (χ2n) is 4.33. The van der Waals surface area contributed by atoms with E-state index in [0.29, 0.717) is 31.7 Å². The Morgan fingerprint density at radius 1 is 0.905 bits per heavy atom. The lowest BCUT2D eigenvalue weighted by atomic mass is 10.3. The number of pyridine rings is 1. The first-order valence-corrected chi connectivity index (χ1v) is 7.84. The van der Waals surface area contributed by atoms with Gasteiger partial charge >= 0.3 is 0 Å². The van der Waals surface area contributed by atoms with Crippen LogP contribution in [0.4, 0.5) is 17.3 Å². The molecule has 2 aromatic rings. The van der Waals surface area contributed by atoms with Crippen molar-refractivity contribution in [1.29, 1.82) is 0 Å². The van der Waals surface area contributed by atoms with Gasteiger partial charge in [0.05, 0.1) is 20.1 Å². The standard InChI is InChI=1S/C14H13Cl4N3/c1-2-5-19-13-11(17)7-12(18)14(21-13)20-8-3-4-9(15)10(16)6-8/h3-4,6-7H,2,5H2,1H3,(H2,19,20,21). The van der Waals surface area contributed by atoms with Crippen LogP contribution in [0.5, 0.6) is 0 Å². The minimum absolute atomic E-state index is 0.424. The van der Waals surface area contributed by atoms with Gasteiger partial charge in [-0.1, -0.05) is 53.3 Å². The molecule has 7 heteroatoms. The highest BCUT2D eigenvalue weighted by Crippen LogP contribution is 2.32. The van der Waals surface area contributed by atoms with Gasteiger partial charge < -0.3 is 10.6 Å². The Morgan fingerprint density at radius 2 is 1.62 bits per heavy atom. The van der Waals surface area contributed by atoms with E-state index in [-0.39, 0.29) is 0 Å². The van der Waals surface area contributed by atoms with E-state index in [9.17, 15) is 0 Å². The van der Waals surface area contributed by atoms with Gasteiger partial charge in [0, 0.05) is 12.2 Å². The van der Waals surface area contributed by atoms with E-state index < -0.39 is 0 Å². The van der Waals surface area contributed by atoms with Crippen molar-refractivity contribution in [2.24, 2.45) is 0 Å². The zero-order valence-electron chi connectivity index (χ0n) is 11.2. The lowest BCUT2D eigenvalue weighted by Gasteiger charge is -2.12. The highest BCUT2D eigenvalue weighted by atomic mass is 35.5. The third-order valence-corrected chi connectivity index (χ3v) is 3.97. The van der Waals surface area contributed by atoms with Gasteiger partial charge in [-0.05, 0) is 30.7 Å². The number of nitrogens with one attached hydrogen (secondary N) is 2. The molecule has 0 aliphatic heterocycles. The normalized spacial score (nSPS) is 10.5. The number of halogens is 4. The number of hydrogen-bond acceptors (Lipinski definition) is 3. The average Bonchev–Trinajstić information content (AvgIpc) is 2.44. The van der Waals surface area contributed by atoms with Crippen LogP contribution >= 0.6 is 46.4 Å². The van der Waals surface area contributed by atoms with Crippen LogP contribution in [0.25, 0.3) is 0 Å². The van der Waals surface area contributed by atoms with E-state index in [0.717, 1.165) is 18.7 Å². The molecule has 0 saturated carbocycles. The molecule has 0 aliphatic carbocycles. The van der Waals surface area contributed by atoms with Crippen LogP contribution in [0.2, 0.25) is 20.1 Å². The molecular weight excluding hydrogens is 352 g/mol. The monoisotopic (exact) mass is 363 g/mol. The molecule has 112 valence electrons. The number of anilines is 3. The first-order valence-electron chi connectivity index (χ1n) is 6.33. The number of nitrogens with zero attached hydrogens (tertiary/aromatic N) is 1. The summed E-state index contributed by atoms with van der Waals surface area (Å²) in [4.78, 5) is 4.39.